The van der Waals surface area contributed by atoms with Gasteiger partial charge in [0.15, 0.2) is 0 Å². The van der Waals surface area contributed by atoms with Gasteiger partial charge in [-0.2, -0.15) is 10.4 Å². The molecule has 0 bridgehead atoms. The number of pyridine rings is 1. The van der Waals surface area contributed by atoms with Crippen LogP contribution in [0.4, 0.5) is 0 Å². The number of aryl methyl sites for hydroxylation is 1. The van der Waals surface area contributed by atoms with Crippen LogP contribution in [0.15, 0.2) is 42.7 Å². The van der Waals surface area contributed by atoms with Crippen LogP contribution in [0.3, 0.4) is 0 Å². The SMILES string of the molecule is CCCC(C)(C)Cn1cc(-c2ccc(C#N)nc2-c2ccc3c(c2)nnn3C)cn1. The largest absolute Gasteiger partial charge is 0.272 e. The Kier molecular flexibility index (Phi) is 5.08. The highest BCUT2D eigenvalue weighted by Gasteiger charge is 2.19. The standard InChI is InChI=1S/C23H25N7/c1-5-10-23(2,3)15-30-14-17(13-25-30)19-8-7-18(12-24)26-22(19)16-6-9-21-20(11-16)27-28-29(21)4/h6-9,11,13-14H,5,10,15H2,1-4H3. The van der Waals surface area contributed by atoms with E-state index in [9.17, 15) is 5.26 Å². The number of fused-ring (bicyclic) bond motifs is 1. The van der Waals surface area contributed by atoms with Crippen molar-refractivity contribution in [3.05, 3.63) is 48.4 Å². The zero-order chi connectivity index (χ0) is 21.3. The van der Waals surface area contributed by atoms with Crippen molar-refractivity contribution in [1.29, 1.82) is 5.26 Å². The molecule has 0 spiro atoms. The Morgan fingerprint density at radius 2 is 1.97 bits per heavy atom. The third-order valence-electron chi connectivity index (χ3n) is 5.35. The van der Waals surface area contributed by atoms with Crippen LogP contribution < -0.4 is 0 Å². The zero-order valence-corrected chi connectivity index (χ0v) is 17.8. The van der Waals surface area contributed by atoms with E-state index in [2.05, 4.69) is 53.4 Å². The second-order valence-electron chi connectivity index (χ2n) is 8.46. The molecule has 30 heavy (non-hydrogen) atoms. The molecule has 0 radical (unpaired) electrons. The van der Waals surface area contributed by atoms with Crippen molar-refractivity contribution < 1.29 is 0 Å². The van der Waals surface area contributed by atoms with Crippen LogP contribution in [0.1, 0.15) is 39.3 Å². The first-order valence-electron chi connectivity index (χ1n) is 10.1. The van der Waals surface area contributed by atoms with E-state index >= 15 is 0 Å². The Balaban J connectivity index is 1.77. The van der Waals surface area contributed by atoms with Gasteiger partial charge in [-0.25, -0.2) is 9.67 Å². The molecule has 0 aliphatic rings. The monoisotopic (exact) mass is 399 g/mol. The minimum absolute atomic E-state index is 0.181. The Morgan fingerprint density at radius 3 is 2.73 bits per heavy atom. The molecule has 152 valence electrons. The first-order chi connectivity index (χ1) is 14.4. The van der Waals surface area contributed by atoms with E-state index in [1.807, 2.05) is 42.2 Å². The number of aromatic nitrogens is 6. The van der Waals surface area contributed by atoms with Gasteiger partial charge in [-0.05, 0) is 36.1 Å². The fourth-order valence-corrected chi connectivity index (χ4v) is 3.95. The summed E-state index contributed by atoms with van der Waals surface area (Å²) in [5.74, 6) is 0. The topological polar surface area (TPSA) is 85.2 Å². The van der Waals surface area contributed by atoms with Crippen molar-refractivity contribution >= 4 is 11.0 Å². The van der Waals surface area contributed by atoms with Crippen molar-refractivity contribution in [1.82, 2.24) is 29.8 Å². The van der Waals surface area contributed by atoms with Crippen molar-refractivity contribution in [2.45, 2.75) is 40.2 Å². The number of rotatable bonds is 6. The maximum absolute atomic E-state index is 9.37. The third kappa shape index (κ3) is 3.81. The van der Waals surface area contributed by atoms with Crippen LogP contribution in [0.25, 0.3) is 33.4 Å². The normalized spacial score (nSPS) is 11.7. The summed E-state index contributed by atoms with van der Waals surface area (Å²) in [7, 11) is 1.86. The summed E-state index contributed by atoms with van der Waals surface area (Å²) in [5.41, 5.74) is 5.86. The van der Waals surface area contributed by atoms with E-state index in [4.69, 9.17) is 0 Å². The second-order valence-corrected chi connectivity index (χ2v) is 8.46. The molecule has 4 aromatic rings. The first kappa shape index (κ1) is 19.8. The molecular weight excluding hydrogens is 374 g/mol. The lowest BCUT2D eigenvalue weighted by Gasteiger charge is -2.23. The van der Waals surface area contributed by atoms with Crippen LogP contribution in [0, 0.1) is 16.7 Å². The van der Waals surface area contributed by atoms with Crippen molar-refractivity contribution in [2.75, 3.05) is 0 Å². The molecule has 3 aromatic heterocycles. The van der Waals surface area contributed by atoms with Crippen LogP contribution >= 0.6 is 0 Å². The molecule has 0 amide bonds. The average molecular weight is 400 g/mol. The minimum atomic E-state index is 0.181. The Labute approximate surface area is 176 Å². The smallest absolute Gasteiger partial charge is 0.141 e. The molecule has 0 fully saturated rings. The molecule has 7 heteroatoms. The molecule has 4 rings (SSSR count). The summed E-state index contributed by atoms with van der Waals surface area (Å²) in [6.07, 6.45) is 6.22. The van der Waals surface area contributed by atoms with Crippen molar-refractivity contribution in [3.63, 3.8) is 0 Å². The number of nitrogens with zero attached hydrogens (tertiary/aromatic N) is 7. The summed E-state index contributed by atoms with van der Waals surface area (Å²) in [6.45, 7) is 7.59. The highest BCUT2D eigenvalue weighted by atomic mass is 15.4. The lowest BCUT2D eigenvalue weighted by Crippen LogP contribution is -2.19. The lowest BCUT2D eigenvalue weighted by molar-refractivity contribution is 0.266. The molecule has 3 heterocycles. The molecule has 0 atom stereocenters. The summed E-state index contributed by atoms with van der Waals surface area (Å²) in [4.78, 5) is 4.61. The van der Waals surface area contributed by atoms with Gasteiger partial charge in [0.05, 0.1) is 17.4 Å². The highest BCUT2D eigenvalue weighted by Crippen LogP contribution is 2.33. The summed E-state index contributed by atoms with van der Waals surface area (Å²) in [5, 5.41) is 22.3. The highest BCUT2D eigenvalue weighted by molar-refractivity contribution is 5.86. The molecule has 0 saturated heterocycles. The van der Waals surface area contributed by atoms with Gasteiger partial charge in [0.1, 0.15) is 17.3 Å². The fraction of sp³-hybridized carbons (Fsp3) is 0.348. The molecule has 0 aliphatic carbocycles. The molecule has 0 saturated carbocycles. The van der Waals surface area contributed by atoms with E-state index in [-0.39, 0.29) is 5.41 Å². The van der Waals surface area contributed by atoms with E-state index in [1.54, 1.807) is 10.7 Å². The minimum Gasteiger partial charge on any atom is -0.272 e. The van der Waals surface area contributed by atoms with Gasteiger partial charge in [0.2, 0.25) is 0 Å². The van der Waals surface area contributed by atoms with E-state index in [0.29, 0.717) is 5.69 Å². The second kappa shape index (κ2) is 7.71. The zero-order valence-electron chi connectivity index (χ0n) is 17.8. The van der Waals surface area contributed by atoms with Gasteiger partial charge in [-0.1, -0.05) is 38.5 Å². The van der Waals surface area contributed by atoms with Crippen LogP contribution in [-0.4, -0.2) is 29.8 Å². The van der Waals surface area contributed by atoms with Crippen LogP contribution in [0.2, 0.25) is 0 Å². The summed E-state index contributed by atoms with van der Waals surface area (Å²) >= 11 is 0. The lowest BCUT2D eigenvalue weighted by atomic mass is 9.88. The fourth-order valence-electron chi connectivity index (χ4n) is 3.95. The summed E-state index contributed by atoms with van der Waals surface area (Å²) in [6, 6.07) is 11.8. The van der Waals surface area contributed by atoms with Gasteiger partial charge in [0.25, 0.3) is 0 Å². The predicted molar refractivity (Wildman–Crippen MR) is 116 cm³/mol. The predicted octanol–water partition coefficient (Wildman–Crippen LogP) is 4.59. The number of hydrogen-bond donors (Lipinski definition) is 0. The van der Waals surface area contributed by atoms with Crippen molar-refractivity contribution in [3.8, 4) is 28.5 Å². The Bertz CT molecular complexity index is 1240. The molecular formula is C23H25N7. The van der Waals surface area contributed by atoms with Gasteiger partial charge in [0, 0.05) is 36.5 Å². The number of nitriles is 1. The maximum Gasteiger partial charge on any atom is 0.141 e. The number of benzene rings is 1. The first-order valence-corrected chi connectivity index (χ1v) is 10.1. The van der Waals surface area contributed by atoms with E-state index < -0.39 is 0 Å². The van der Waals surface area contributed by atoms with Crippen LogP contribution in [-0.2, 0) is 13.6 Å². The molecule has 1 aromatic carbocycles. The maximum atomic E-state index is 9.37. The molecule has 0 aliphatic heterocycles. The Morgan fingerprint density at radius 1 is 1.13 bits per heavy atom. The van der Waals surface area contributed by atoms with Gasteiger partial charge in [-0.3, -0.25) is 4.68 Å². The molecule has 0 unspecified atom stereocenters. The number of hydrogen-bond acceptors (Lipinski definition) is 5. The molecule has 0 N–H and O–H groups in total. The van der Waals surface area contributed by atoms with Gasteiger partial charge >= 0.3 is 0 Å². The summed E-state index contributed by atoms with van der Waals surface area (Å²) < 4.78 is 3.74. The third-order valence-corrected chi connectivity index (χ3v) is 5.35. The Hall–Kier alpha value is -3.53. The van der Waals surface area contributed by atoms with E-state index in [1.165, 1.54) is 0 Å². The average Bonchev–Trinajstić information content (AvgIpc) is 3.33. The van der Waals surface area contributed by atoms with Crippen molar-refractivity contribution in [2.24, 2.45) is 12.5 Å². The molecule has 7 nitrogen and oxygen atoms in total. The van der Waals surface area contributed by atoms with Crippen LogP contribution in [0.5, 0.6) is 0 Å². The van der Waals surface area contributed by atoms with E-state index in [0.717, 1.165) is 52.8 Å². The van der Waals surface area contributed by atoms with Gasteiger partial charge in [-0.15, -0.1) is 5.10 Å². The quantitative estimate of drug-likeness (QED) is 0.473. The van der Waals surface area contributed by atoms with Gasteiger partial charge < -0.3 is 0 Å².